The normalized spacial score (nSPS) is 15.0. The molecule has 0 saturated heterocycles. The Morgan fingerprint density at radius 2 is 1.91 bits per heavy atom. The molecule has 1 unspecified atom stereocenters. The smallest absolute Gasteiger partial charge is 0.0494 e. The number of nitrogens with zero attached hydrogens (tertiary/aromatic N) is 1. The number of hydrogen-bond acceptors (Lipinski definition) is 2. The second-order valence-electron chi connectivity index (χ2n) is 2.93. The first-order valence-electron chi connectivity index (χ1n) is 4.04. The molecular weight excluding hydrogens is 136 g/mol. The summed E-state index contributed by atoms with van der Waals surface area (Å²) in [5, 5.41) is 2.90. The highest BCUT2D eigenvalue weighted by atomic mass is 14.8. The monoisotopic (exact) mass is 154 g/mol. The number of hydrogen-bond donors (Lipinski definition) is 1. The van der Waals surface area contributed by atoms with Crippen LogP contribution in [0.2, 0.25) is 0 Å². The van der Waals surface area contributed by atoms with Crippen LogP contribution in [0.25, 0.3) is 0 Å². The molecule has 0 radical (unpaired) electrons. The minimum absolute atomic E-state index is 0.413. The van der Waals surface area contributed by atoms with Crippen LogP contribution in [0.4, 0.5) is 0 Å². The van der Waals surface area contributed by atoms with E-state index in [1.807, 2.05) is 25.5 Å². The van der Waals surface area contributed by atoms with E-state index >= 15 is 0 Å². The van der Waals surface area contributed by atoms with E-state index in [-0.39, 0.29) is 0 Å². The molecule has 0 heterocycles. The van der Waals surface area contributed by atoms with Gasteiger partial charge in [0.1, 0.15) is 0 Å². The standard InChI is InChI=1S/C9H18N2/c1-8(2)9(3)11-7-5-6-10-4/h5-10H,1-4H3/b6-5-,11-7-. The van der Waals surface area contributed by atoms with Crippen molar-refractivity contribution < 1.29 is 0 Å². The predicted octanol–water partition coefficient (Wildman–Crippen LogP) is 1.83. The van der Waals surface area contributed by atoms with Crippen LogP contribution in [-0.4, -0.2) is 19.3 Å². The Bertz CT molecular complexity index is 136. The Labute approximate surface area is 69.4 Å². The maximum absolute atomic E-state index is 4.31. The molecule has 2 heteroatoms. The van der Waals surface area contributed by atoms with E-state index in [2.05, 4.69) is 31.1 Å². The summed E-state index contributed by atoms with van der Waals surface area (Å²) in [6, 6.07) is 0.413. The van der Waals surface area contributed by atoms with Crippen LogP contribution in [0.5, 0.6) is 0 Å². The molecular formula is C9H18N2. The van der Waals surface area contributed by atoms with Gasteiger partial charge in [0.05, 0.1) is 0 Å². The van der Waals surface area contributed by atoms with Gasteiger partial charge in [0.25, 0.3) is 0 Å². The van der Waals surface area contributed by atoms with Crippen molar-refractivity contribution in [3.8, 4) is 0 Å². The van der Waals surface area contributed by atoms with Crippen molar-refractivity contribution in [2.45, 2.75) is 26.8 Å². The summed E-state index contributed by atoms with van der Waals surface area (Å²) in [4.78, 5) is 4.31. The Morgan fingerprint density at radius 1 is 1.27 bits per heavy atom. The maximum Gasteiger partial charge on any atom is 0.0494 e. The van der Waals surface area contributed by atoms with Gasteiger partial charge in [-0.15, -0.1) is 0 Å². The minimum atomic E-state index is 0.413. The molecule has 0 aliphatic carbocycles. The van der Waals surface area contributed by atoms with Gasteiger partial charge in [0.15, 0.2) is 0 Å². The highest BCUT2D eigenvalue weighted by Crippen LogP contribution is 2.03. The van der Waals surface area contributed by atoms with Crippen LogP contribution in [0.3, 0.4) is 0 Å². The van der Waals surface area contributed by atoms with Gasteiger partial charge in [-0.1, -0.05) is 13.8 Å². The molecule has 64 valence electrons. The number of allylic oxidation sites excluding steroid dienone is 1. The summed E-state index contributed by atoms with van der Waals surface area (Å²) >= 11 is 0. The fourth-order valence-corrected chi connectivity index (χ4v) is 0.497. The highest BCUT2D eigenvalue weighted by molar-refractivity contribution is 5.70. The van der Waals surface area contributed by atoms with E-state index in [0.29, 0.717) is 12.0 Å². The van der Waals surface area contributed by atoms with Gasteiger partial charge in [0.2, 0.25) is 0 Å². The zero-order chi connectivity index (χ0) is 8.69. The largest absolute Gasteiger partial charge is 0.394 e. The summed E-state index contributed by atoms with van der Waals surface area (Å²) in [6.45, 7) is 6.46. The van der Waals surface area contributed by atoms with Crippen molar-refractivity contribution in [3.63, 3.8) is 0 Å². The minimum Gasteiger partial charge on any atom is -0.394 e. The van der Waals surface area contributed by atoms with Crippen molar-refractivity contribution in [2.75, 3.05) is 7.05 Å². The van der Waals surface area contributed by atoms with Gasteiger partial charge < -0.3 is 5.32 Å². The van der Waals surface area contributed by atoms with Crippen LogP contribution in [-0.2, 0) is 0 Å². The first kappa shape index (κ1) is 10.2. The fraction of sp³-hybridized carbons (Fsp3) is 0.667. The molecule has 2 nitrogen and oxygen atoms in total. The molecule has 0 aromatic heterocycles. The Hall–Kier alpha value is -0.790. The maximum atomic E-state index is 4.31. The van der Waals surface area contributed by atoms with E-state index < -0.39 is 0 Å². The van der Waals surface area contributed by atoms with Crippen LogP contribution in [0.1, 0.15) is 20.8 Å². The third kappa shape index (κ3) is 5.64. The molecule has 0 aliphatic rings. The molecule has 0 amide bonds. The molecule has 0 aromatic rings. The van der Waals surface area contributed by atoms with Gasteiger partial charge in [-0.05, 0) is 25.1 Å². The van der Waals surface area contributed by atoms with Gasteiger partial charge in [-0.3, -0.25) is 4.99 Å². The van der Waals surface area contributed by atoms with Crippen molar-refractivity contribution >= 4 is 6.21 Å². The van der Waals surface area contributed by atoms with E-state index in [9.17, 15) is 0 Å². The second kappa shape index (κ2) is 5.96. The summed E-state index contributed by atoms with van der Waals surface area (Å²) in [7, 11) is 1.87. The Balaban J connectivity index is 3.64. The number of aliphatic imine (C=N–C) groups is 1. The van der Waals surface area contributed by atoms with Crippen molar-refractivity contribution in [1.29, 1.82) is 0 Å². The molecule has 11 heavy (non-hydrogen) atoms. The summed E-state index contributed by atoms with van der Waals surface area (Å²) in [5.41, 5.74) is 0. The quantitative estimate of drug-likeness (QED) is 0.614. The van der Waals surface area contributed by atoms with Crippen LogP contribution in [0, 0.1) is 5.92 Å². The van der Waals surface area contributed by atoms with E-state index in [4.69, 9.17) is 0 Å². The lowest BCUT2D eigenvalue weighted by atomic mass is 10.1. The molecule has 0 aliphatic heterocycles. The molecule has 0 saturated carbocycles. The molecule has 0 fully saturated rings. The molecule has 0 bridgehead atoms. The highest BCUT2D eigenvalue weighted by Gasteiger charge is 2.01. The molecule has 0 aromatic carbocycles. The average molecular weight is 154 g/mol. The molecule has 1 N–H and O–H groups in total. The lowest BCUT2D eigenvalue weighted by molar-refractivity contribution is 0.533. The first-order chi connectivity index (χ1) is 5.18. The summed E-state index contributed by atoms with van der Waals surface area (Å²) < 4.78 is 0. The Kier molecular flexibility index (Phi) is 5.53. The van der Waals surface area contributed by atoms with Gasteiger partial charge >= 0.3 is 0 Å². The third-order valence-electron chi connectivity index (χ3n) is 1.63. The lowest BCUT2D eigenvalue weighted by Crippen LogP contribution is -2.06. The fourth-order valence-electron chi connectivity index (χ4n) is 0.497. The summed E-state index contributed by atoms with van der Waals surface area (Å²) in [5.74, 6) is 0.620. The number of nitrogens with one attached hydrogen (secondary N) is 1. The SMILES string of the molecule is CN/C=C\C=N/C(C)C(C)C. The molecule has 0 rings (SSSR count). The zero-order valence-corrected chi connectivity index (χ0v) is 7.83. The average Bonchev–Trinajstić information content (AvgIpc) is 1.97. The van der Waals surface area contributed by atoms with Gasteiger partial charge in [-0.2, -0.15) is 0 Å². The van der Waals surface area contributed by atoms with Crippen LogP contribution >= 0.6 is 0 Å². The topological polar surface area (TPSA) is 24.4 Å². The van der Waals surface area contributed by atoms with Crippen molar-refractivity contribution in [2.24, 2.45) is 10.9 Å². The van der Waals surface area contributed by atoms with Crippen LogP contribution in [0.15, 0.2) is 17.3 Å². The predicted molar refractivity (Wildman–Crippen MR) is 51.0 cm³/mol. The summed E-state index contributed by atoms with van der Waals surface area (Å²) in [6.07, 6.45) is 5.59. The molecule has 0 spiro atoms. The molecule has 1 atom stereocenters. The number of rotatable bonds is 4. The van der Waals surface area contributed by atoms with Gasteiger partial charge in [-0.25, -0.2) is 0 Å². The van der Waals surface area contributed by atoms with E-state index in [1.54, 1.807) is 0 Å². The zero-order valence-electron chi connectivity index (χ0n) is 7.83. The first-order valence-corrected chi connectivity index (χ1v) is 4.04. The second-order valence-corrected chi connectivity index (χ2v) is 2.93. The lowest BCUT2D eigenvalue weighted by Gasteiger charge is -2.07. The van der Waals surface area contributed by atoms with E-state index in [1.165, 1.54) is 0 Å². The van der Waals surface area contributed by atoms with E-state index in [0.717, 1.165) is 0 Å². The van der Waals surface area contributed by atoms with Crippen molar-refractivity contribution in [3.05, 3.63) is 12.3 Å². The Morgan fingerprint density at radius 3 is 2.36 bits per heavy atom. The third-order valence-corrected chi connectivity index (χ3v) is 1.63. The van der Waals surface area contributed by atoms with Gasteiger partial charge in [0, 0.05) is 19.3 Å². The van der Waals surface area contributed by atoms with Crippen molar-refractivity contribution in [1.82, 2.24) is 5.32 Å². The van der Waals surface area contributed by atoms with Crippen LogP contribution < -0.4 is 5.32 Å².